The number of ether oxygens (including phenoxy) is 1. The summed E-state index contributed by atoms with van der Waals surface area (Å²) < 4.78 is 5.32. The maximum atomic E-state index is 11.9. The van der Waals surface area contributed by atoms with Crippen molar-refractivity contribution in [1.29, 1.82) is 0 Å². The highest BCUT2D eigenvalue weighted by molar-refractivity contribution is 5.90. The van der Waals surface area contributed by atoms with Crippen LogP contribution in [0.4, 0.5) is 10.5 Å². The number of amides is 1. The Morgan fingerprint density at radius 1 is 0.950 bits per heavy atom. The maximum Gasteiger partial charge on any atom is 0.417 e. The number of aromatic nitrogens is 1. The van der Waals surface area contributed by atoms with E-state index in [2.05, 4.69) is 10.3 Å². The number of carbonyl (C=O) groups excluding carboxylic acids is 1. The molecule has 3 aromatic rings. The third-order valence-corrected chi connectivity index (χ3v) is 2.82. The summed E-state index contributed by atoms with van der Waals surface area (Å²) in [6.07, 6.45) is 1.14. The molecule has 20 heavy (non-hydrogen) atoms. The second-order valence-corrected chi connectivity index (χ2v) is 4.21. The molecule has 0 spiro atoms. The number of nitrogens with one attached hydrogen (secondary N) is 1. The molecule has 1 amide bonds. The minimum atomic E-state index is -0.533. The van der Waals surface area contributed by atoms with Crippen molar-refractivity contribution in [2.24, 2.45) is 0 Å². The monoisotopic (exact) mass is 264 g/mol. The zero-order chi connectivity index (χ0) is 13.8. The van der Waals surface area contributed by atoms with Crippen molar-refractivity contribution < 1.29 is 9.53 Å². The highest BCUT2D eigenvalue weighted by Crippen LogP contribution is 2.23. The minimum Gasteiger partial charge on any atom is -0.408 e. The van der Waals surface area contributed by atoms with E-state index in [-0.39, 0.29) is 0 Å². The lowest BCUT2D eigenvalue weighted by atomic mass is 10.2. The summed E-state index contributed by atoms with van der Waals surface area (Å²) in [6.45, 7) is 0. The Hall–Kier alpha value is -2.88. The van der Waals surface area contributed by atoms with Gasteiger partial charge in [0.05, 0.1) is 0 Å². The van der Waals surface area contributed by atoms with Gasteiger partial charge in [-0.2, -0.15) is 0 Å². The highest BCUT2D eigenvalue weighted by Gasteiger charge is 2.08. The van der Waals surface area contributed by atoms with Crippen LogP contribution in [0.5, 0.6) is 5.75 Å². The predicted octanol–water partition coefficient (Wildman–Crippen LogP) is 3.85. The molecule has 0 fully saturated rings. The van der Waals surface area contributed by atoms with Crippen LogP contribution in [0.1, 0.15) is 0 Å². The van der Waals surface area contributed by atoms with Gasteiger partial charge in [0.15, 0.2) is 5.75 Å². The lowest BCUT2D eigenvalue weighted by Crippen LogP contribution is -2.16. The first-order valence-electron chi connectivity index (χ1n) is 6.20. The van der Waals surface area contributed by atoms with Gasteiger partial charge in [-0.1, -0.05) is 36.4 Å². The average molecular weight is 264 g/mol. The van der Waals surface area contributed by atoms with Crippen LogP contribution in [-0.2, 0) is 0 Å². The van der Waals surface area contributed by atoms with Crippen LogP contribution in [0, 0.1) is 0 Å². The van der Waals surface area contributed by atoms with E-state index < -0.39 is 6.09 Å². The normalized spacial score (nSPS) is 10.2. The lowest BCUT2D eigenvalue weighted by Gasteiger charge is -2.08. The van der Waals surface area contributed by atoms with Crippen LogP contribution in [0.2, 0.25) is 0 Å². The van der Waals surface area contributed by atoms with E-state index in [4.69, 9.17) is 4.74 Å². The number of para-hydroxylation sites is 2. The van der Waals surface area contributed by atoms with Crippen LogP contribution in [0.25, 0.3) is 10.9 Å². The van der Waals surface area contributed by atoms with Gasteiger partial charge in [-0.25, -0.2) is 4.79 Å². The summed E-state index contributed by atoms with van der Waals surface area (Å²) >= 11 is 0. The summed E-state index contributed by atoms with van der Waals surface area (Å²) in [5, 5.41) is 3.59. The molecule has 0 atom stereocenters. The van der Waals surface area contributed by atoms with E-state index in [0.717, 1.165) is 5.39 Å². The van der Waals surface area contributed by atoms with Gasteiger partial charge in [0.25, 0.3) is 0 Å². The second-order valence-electron chi connectivity index (χ2n) is 4.21. The van der Waals surface area contributed by atoms with Crippen molar-refractivity contribution in [3.05, 3.63) is 66.9 Å². The van der Waals surface area contributed by atoms with Gasteiger partial charge in [0.2, 0.25) is 0 Å². The Labute approximate surface area is 116 Å². The van der Waals surface area contributed by atoms with Crippen molar-refractivity contribution in [1.82, 2.24) is 4.98 Å². The van der Waals surface area contributed by atoms with Crippen LogP contribution in [-0.4, -0.2) is 11.1 Å². The van der Waals surface area contributed by atoms with E-state index in [1.807, 2.05) is 42.5 Å². The van der Waals surface area contributed by atoms with Crippen molar-refractivity contribution in [3.63, 3.8) is 0 Å². The molecule has 0 aliphatic heterocycles. The Bertz CT molecular complexity index is 736. The first-order valence-corrected chi connectivity index (χ1v) is 6.20. The molecule has 1 aromatic heterocycles. The summed E-state index contributed by atoms with van der Waals surface area (Å²) in [5.41, 5.74) is 1.35. The van der Waals surface area contributed by atoms with Crippen molar-refractivity contribution in [3.8, 4) is 5.75 Å². The number of pyridine rings is 1. The standard InChI is InChI=1S/C16H12N2O2/c19-16(18-13-8-2-1-3-9-13)20-14-10-4-6-12-7-5-11-17-15(12)14/h1-11H,(H,18,19). The molecule has 0 bridgehead atoms. The van der Waals surface area contributed by atoms with Crippen LogP contribution in [0.3, 0.4) is 0 Å². The zero-order valence-corrected chi connectivity index (χ0v) is 10.6. The van der Waals surface area contributed by atoms with Crippen LogP contribution in [0.15, 0.2) is 66.9 Å². The fourth-order valence-corrected chi connectivity index (χ4v) is 1.92. The molecule has 2 aromatic carbocycles. The lowest BCUT2D eigenvalue weighted by molar-refractivity contribution is 0.215. The zero-order valence-electron chi connectivity index (χ0n) is 10.6. The quantitative estimate of drug-likeness (QED) is 0.765. The van der Waals surface area contributed by atoms with E-state index in [1.165, 1.54) is 0 Å². The molecule has 1 heterocycles. The third kappa shape index (κ3) is 2.59. The number of fused-ring (bicyclic) bond motifs is 1. The fraction of sp³-hybridized carbons (Fsp3) is 0. The summed E-state index contributed by atoms with van der Waals surface area (Å²) in [6, 6.07) is 18.4. The summed E-state index contributed by atoms with van der Waals surface area (Å²) in [5.74, 6) is 0.441. The molecule has 1 N–H and O–H groups in total. The van der Waals surface area contributed by atoms with Gasteiger partial charge in [-0.3, -0.25) is 10.3 Å². The molecule has 0 aliphatic carbocycles. The van der Waals surface area contributed by atoms with Crippen molar-refractivity contribution in [2.45, 2.75) is 0 Å². The van der Waals surface area contributed by atoms with Crippen LogP contribution < -0.4 is 10.1 Å². The molecular weight excluding hydrogens is 252 g/mol. The molecule has 98 valence electrons. The molecule has 0 saturated heterocycles. The Balaban J connectivity index is 1.81. The number of hydrogen-bond acceptors (Lipinski definition) is 3. The van der Waals surface area contributed by atoms with Crippen LogP contribution >= 0.6 is 0 Å². The predicted molar refractivity (Wildman–Crippen MR) is 77.8 cm³/mol. The van der Waals surface area contributed by atoms with Gasteiger partial charge in [0.1, 0.15) is 5.52 Å². The van der Waals surface area contributed by atoms with Gasteiger partial charge < -0.3 is 4.74 Å². The largest absolute Gasteiger partial charge is 0.417 e. The molecule has 0 aliphatic rings. The van der Waals surface area contributed by atoms with E-state index in [1.54, 1.807) is 24.4 Å². The van der Waals surface area contributed by atoms with Crippen molar-refractivity contribution >= 4 is 22.7 Å². The molecule has 4 heteroatoms. The van der Waals surface area contributed by atoms with E-state index in [0.29, 0.717) is 17.0 Å². The molecule has 0 unspecified atom stereocenters. The van der Waals surface area contributed by atoms with Gasteiger partial charge in [-0.05, 0) is 24.3 Å². The fourth-order valence-electron chi connectivity index (χ4n) is 1.92. The number of anilines is 1. The molecule has 0 saturated carbocycles. The number of nitrogens with zero attached hydrogens (tertiary/aromatic N) is 1. The maximum absolute atomic E-state index is 11.9. The Kier molecular flexibility index (Phi) is 3.29. The summed E-state index contributed by atoms with van der Waals surface area (Å²) in [7, 11) is 0. The van der Waals surface area contributed by atoms with Gasteiger partial charge in [0, 0.05) is 17.3 Å². The molecular formula is C16H12N2O2. The highest BCUT2D eigenvalue weighted by atomic mass is 16.6. The Morgan fingerprint density at radius 3 is 2.60 bits per heavy atom. The first kappa shape index (κ1) is 12.2. The molecule has 0 radical (unpaired) electrons. The SMILES string of the molecule is O=C(Nc1ccccc1)Oc1cccc2cccnc12. The van der Waals surface area contributed by atoms with E-state index in [9.17, 15) is 4.79 Å². The third-order valence-electron chi connectivity index (χ3n) is 2.82. The van der Waals surface area contributed by atoms with E-state index >= 15 is 0 Å². The first-order chi connectivity index (χ1) is 9.83. The number of rotatable bonds is 2. The molecule has 3 rings (SSSR count). The van der Waals surface area contributed by atoms with Gasteiger partial charge in [-0.15, -0.1) is 0 Å². The number of hydrogen-bond donors (Lipinski definition) is 1. The number of benzene rings is 2. The van der Waals surface area contributed by atoms with Gasteiger partial charge >= 0.3 is 6.09 Å². The minimum absolute atomic E-state index is 0.441. The summed E-state index contributed by atoms with van der Waals surface area (Å²) in [4.78, 5) is 16.1. The topological polar surface area (TPSA) is 51.2 Å². The Morgan fingerprint density at radius 2 is 1.75 bits per heavy atom. The smallest absolute Gasteiger partial charge is 0.408 e. The molecule has 4 nitrogen and oxygen atoms in total. The average Bonchev–Trinajstić information content (AvgIpc) is 2.48. The number of carbonyl (C=O) groups is 1. The van der Waals surface area contributed by atoms with Crippen molar-refractivity contribution in [2.75, 3.05) is 5.32 Å². The second kappa shape index (κ2) is 5.40.